The van der Waals surface area contributed by atoms with Crippen LogP contribution in [0.2, 0.25) is 0 Å². The molecule has 1 amide bonds. The standard InChI is InChI=1S/C14H20BrN3O/c1-11(19)18-6-2-5-17(7-8-18)10-12-3-4-13(16)9-14(12)15/h3-4,9H,2,5-8,10,16H2,1H3. The molecule has 2 N–H and O–H groups in total. The minimum absolute atomic E-state index is 0.176. The lowest BCUT2D eigenvalue weighted by molar-refractivity contribution is -0.128. The van der Waals surface area contributed by atoms with Crippen LogP contribution in [0.3, 0.4) is 0 Å². The SMILES string of the molecule is CC(=O)N1CCCN(Cc2ccc(N)cc2Br)CC1. The minimum Gasteiger partial charge on any atom is -0.399 e. The molecule has 0 bridgehead atoms. The number of amides is 1. The van der Waals surface area contributed by atoms with Gasteiger partial charge in [0.15, 0.2) is 0 Å². The van der Waals surface area contributed by atoms with Gasteiger partial charge in [-0.2, -0.15) is 0 Å². The van der Waals surface area contributed by atoms with Crippen molar-refractivity contribution < 1.29 is 4.79 Å². The molecule has 0 aromatic heterocycles. The van der Waals surface area contributed by atoms with E-state index in [4.69, 9.17) is 5.73 Å². The lowest BCUT2D eigenvalue weighted by atomic mass is 10.2. The molecule has 1 saturated heterocycles. The van der Waals surface area contributed by atoms with Crippen LogP contribution >= 0.6 is 15.9 Å². The average molecular weight is 326 g/mol. The van der Waals surface area contributed by atoms with Crippen LogP contribution in [0, 0.1) is 0 Å². The Balaban J connectivity index is 1.97. The van der Waals surface area contributed by atoms with Gasteiger partial charge in [-0.3, -0.25) is 9.69 Å². The lowest BCUT2D eigenvalue weighted by Crippen LogP contribution is -2.33. The topological polar surface area (TPSA) is 49.6 Å². The number of anilines is 1. The van der Waals surface area contributed by atoms with Gasteiger partial charge in [-0.15, -0.1) is 0 Å². The molecule has 1 aliphatic heterocycles. The summed E-state index contributed by atoms with van der Waals surface area (Å²) >= 11 is 3.56. The van der Waals surface area contributed by atoms with E-state index in [0.717, 1.165) is 49.3 Å². The normalized spacial score (nSPS) is 17.3. The summed E-state index contributed by atoms with van der Waals surface area (Å²) in [4.78, 5) is 15.7. The molecule has 1 aromatic carbocycles. The van der Waals surface area contributed by atoms with Gasteiger partial charge < -0.3 is 10.6 Å². The maximum atomic E-state index is 11.4. The number of benzene rings is 1. The van der Waals surface area contributed by atoms with Crippen LogP contribution in [0.25, 0.3) is 0 Å². The number of hydrogen-bond acceptors (Lipinski definition) is 3. The van der Waals surface area contributed by atoms with E-state index in [1.165, 1.54) is 5.56 Å². The molecule has 0 spiro atoms. The molecule has 0 radical (unpaired) electrons. The van der Waals surface area contributed by atoms with Gasteiger partial charge in [-0.25, -0.2) is 0 Å². The maximum absolute atomic E-state index is 11.4. The Hall–Kier alpha value is -1.07. The minimum atomic E-state index is 0.176. The third kappa shape index (κ3) is 3.94. The van der Waals surface area contributed by atoms with Gasteiger partial charge in [-0.05, 0) is 24.1 Å². The Kier molecular flexibility index (Phi) is 4.82. The maximum Gasteiger partial charge on any atom is 0.219 e. The Bertz CT molecular complexity index is 464. The van der Waals surface area contributed by atoms with E-state index in [1.807, 2.05) is 17.0 Å². The quantitative estimate of drug-likeness (QED) is 0.847. The summed E-state index contributed by atoms with van der Waals surface area (Å²) in [7, 11) is 0. The van der Waals surface area contributed by atoms with Crippen molar-refractivity contribution >= 4 is 27.5 Å². The zero-order chi connectivity index (χ0) is 13.8. The molecule has 1 heterocycles. The molecule has 2 rings (SSSR count). The first-order valence-corrected chi connectivity index (χ1v) is 7.37. The summed E-state index contributed by atoms with van der Waals surface area (Å²) in [5.41, 5.74) is 7.76. The molecule has 0 aliphatic carbocycles. The number of carbonyl (C=O) groups excluding carboxylic acids is 1. The Morgan fingerprint density at radius 1 is 1.32 bits per heavy atom. The largest absolute Gasteiger partial charge is 0.399 e. The number of rotatable bonds is 2. The predicted molar refractivity (Wildman–Crippen MR) is 80.7 cm³/mol. The molecule has 0 saturated carbocycles. The van der Waals surface area contributed by atoms with E-state index in [0.29, 0.717) is 0 Å². The van der Waals surface area contributed by atoms with Crippen LogP contribution in [0.4, 0.5) is 5.69 Å². The van der Waals surface area contributed by atoms with Crippen LogP contribution < -0.4 is 5.73 Å². The van der Waals surface area contributed by atoms with Crippen molar-refractivity contribution in [3.63, 3.8) is 0 Å². The second-order valence-corrected chi connectivity index (χ2v) is 5.84. The van der Waals surface area contributed by atoms with Crippen molar-refractivity contribution in [1.82, 2.24) is 9.80 Å². The lowest BCUT2D eigenvalue weighted by Gasteiger charge is -2.21. The fraction of sp³-hybridized carbons (Fsp3) is 0.500. The van der Waals surface area contributed by atoms with Gasteiger partial charge >= 0.3 is 0 Å². The van der Waals surface area contributed by atoms with Crippen molar-refractivity contribution in [2.24, 2.45) is 0 Å². The van der Waals surface area contributed by atoms with Gasteiger partial charge in [0.2, 0.25) is 5.91 Å². The second-order valence-electron chi connectivity index (χ2n) is 4.99. The molecule has 104 valence electrons. The molecule has 19 heavy (non-hydrogen) atoms. The van der Waals surface area contributed by atoms with E-state index in [2.05, 4.69) is 26.9 Å². The molecule has 0 unspecified atom stereocenters. The summed E-state index contributed by atoms with van der Waals surface area (Å²) in [5, 5.41) is 0. The number of hydrogen-bond donors (Lipinski definition) is 1. The third-order valence-electron chi connectivity index (χ3n) is 3.50. The van der Waals surface area contributed by atoms with Crippen LogP contribution in [-0.4, -0.2) is 41.9 Å². The highest BCUT2D eigenvalue weighted by Crippen LogP contribution is 2.21. The third-order valence-corrected chi connectivity index (χ3v) is 4.24. The van der Waals surface area contributed by atoms with E-state index in [-0.39, 0.29) is 5.91 Å². The monoisotopic (exact) mass is 325 g/mol. The summed E-state index contributed by atoms with van der Waals surface area (Å²) in [5.74, 6) is 0.176. The first-order valence-electron chi connectivity index (χ1n) is 6.58. The van der Waals surface area contributed by atoms with Gasteiger partial charge in [0.1, 0.15) is 0 Å². The van der Waals surface area contributed by atoms with Gasteiger partial charge in [-0.1, -0.05) is 22.0 Å². The molecular formula is C14H20BrN3O. The number of nitrogens with two attached hydrogens (primary N) is 1. The molecule has 5 heteroatoms. The number of halogens is 1. The van der Waals surface area contributed by atoms with Crippen LogP contribution in [-0.2, 0) is 11.3 Å². The highest BCUT2D eigenvalue weighted by atomic mass is 79.9. The van der Waals surface area contributed by atoms with E-state index in [1.54, 1.807) is 6.92 Å². The Labute approximate surface area is 122 Å². The van der Waals surface area contributed by atoms with E-state index < -0.39 is 0 Å². The molecule has 1 aromatic rings. The van der Waals surface area contributed by atoms with Crippen molar-refractivity contribution in [1.29, 1.82) is 0 Å². The van der Waals surface area contributed by atoms with Crippen molar-refractivity contribution in [3.05, 3.63) is 28.2 Å². The molecule has 0 atom stereocenters. The van der Waals surface area contributed by atoms with E-state index in [9.17, 15) is 4.79 Å². The molecule has 4 nitrogen and oxygen atoms in total. The molecule has 1 fully saturated rings. The summed E-state index contributed by atoms with van der Waals surface area (Å²) in [6.45, 7) is 6.19. The van der Waals surface area contributed by atoms with Crippen LogP contribution in [0.15, 0.2) is 22.7 Å². The zero-order valence-electron chi connectivity index (χ0n) is 11.2. The smallest absolute Gasteiger partial charge is 0.219 e. The van der Waals surface area contributed by atoms with Gasteiger partial charge in [0.25, 0.3) is 0 Å². The number of nitrogens with zero attached hydrogens (tertiary/aromatic N) is 2. The van der Waals surface area contributed by atoms with Crippen molar-refractivity contribution in [3.8, 4) is 0 Å². The Morgan fingerprint density at radius 3 is 2.79 bits per heavy atom. The van der Waals surface area contributed by atoms with Crippen molar-refractivity contribution in [2.75, 3.05) is 31.9 Å². The second kappa shape index (κ2) is 6.39. The highest BCUT2D eigenvalue weighted by Gasteiger charge is 2.17. The zero-order valence-corrected chi connectivity index (χ0v) is 12.8. The first-order chi connectivity index (χ1) is 9.06. The van der Waals surface area contributed by atoms with Crippen LogP contribution in [0.1, 0.15) is 18.9 Å². The van der Waals surface area contributed by atoms with Gasteiger partial charge in [0.05, 0.1) is 0 Å². The first kappa shape index (κ1) is 14.3. The summed E-state index contributed by atoms with van der Waals surface area (Å²) in [6, 6.07) is 5.93. The molecule has 1 aliphatic rings. The number of carbonyl (C=O) groups is 1. The van der Waals surface area contributed by atoms with E-state index >= 15 is 0 Å². The number of nitrogen functional groups attached to an aromatic ring is 1. The highest BCUT2D eigenvalue weighted by molar-refractivity contribution is 9.10. The fourth-order valence-corrected chi connectivity index (χ4v) is 2.90. The van der Waals surface area contributed by atoms with Gasteiger partial charge in [0, 0.05) is 49.8 Å². The summed E-state index contributed by atoms with van der Waals surface area (Å²) < 4.78 is 1.06. The summed E-state index contributed by atoms with van der Waals surface area (Å²) in [6.07, 6.45) is 1.03. The molecular weight excluding hydrogens is 306 g/mol. The fourth-order valence-electron chi connectivity index (χ4n) is 2.38. The van der Waals surface area contributed by atoms with Crippen LogP contribution in [0.5, 0.6) is 0 Å². The predicted octanol–water partition coefficient (Wildman–Crippen LogP) is 2.09. The average Bonchev–Trinajstić information content (AvgIpc) is 2.58. The Morgan fingerprint density at radius 2 is 2.11 bits per heavy atom. The van der Waals surface area contributed by atoms with Crippen molar-refractivity contribution in [2.45, 2.75) is 19.9 Å².